The van der Waals surface area contributed by atoms with E-state index < -0.39 is 18.0 Å². The zero-order valence-electron chi connectivity index (χ0n) is 17.0. The van der Waals surface area contributed by atoms with E-state index in [4.69, 9.17) is 4.74 Å². The molecule has 2 aromatic carbocycles. The molecule has 1 saturated heterocycles. The van der Waals surface area contributed by atoms with Gasteiger partial charge in [-0.15, -0.1) is 0 Å². The van der Waals surface area contributed by atoms with Crippen LogP contribution >= 0.6 is 0 Å². The molecule has 4 rings (SSSR count). The van der Waals surface area contributed by atoms with Crippen LogP contribution in [-0.2, 0) is 19.1 Å². The van der Waals surface area contributed by atoms with Crippen LogP contribution in [0.1, 0.15) is 49.5 Å². The summed E-state index contributed by atoms with van der Waals surface area (Å²) in [6.45, 7) is 2.25. The van der Waals surface area contributed by atoms with Crippen molar-refractivity contribution in [1.29, 1.82) is 0 Å². The molecule has 0 aromatic heterocycles. The Labute approximate surface area is 176 Å². The molecule has 1 aliphatic carbocycles. The lowest BCUT2D eigenvalue weighted by Crippen LogP contribution is -2.35. The average molecular weight is 406 g/mol. The fourth-order valence-electron chi connectivity index (χ4n) is 3.79. The van der Waals surface area contributed by atoms with Crippen molar-refractivity contribution in [3.63, 3.8) is 0 Å². The standard InChI is InChI=1S/C24H26N2O4/c1-16(17-8-4-2-5-9-17)26-15-19(14-21(26)27)24(29)30-22(18-10-6-3-7-11-18)23(28)25-20-12-13-20/h2-11,16,19-20,22H,12-15H2,1H3,(H,25,28)/t16-,19+,22+/m1/s1. The molecule has 2 aromatic rings. The number of nitrogens with one attached hydrogen (secondary N) is 1. The van der Waals surface area contributed by atoms with Crippen LogP contribution in [-0.4, -0.2) is 35.3 Å². The topological polar surface area (TPSA) is 75.7 Å². The Bertz CT molecular complexity index is 911. The monoisotopic (exact) mass is 406 g/mol. The Hall–Kier alpha value is -3.15. The third-order valence-corrected chi connectivity index (χ3v) is 5.74. The number of ether oxygens (including phenoxy) is 1. The van der Waals surface area contributed by atoms with Crippen LogP contribution in [0.15, 0.2) is 60.7 Å². The molecule has 1 aliphatic heterocycles. The van der Waals surface area contributed by atoms with Gasteiger partial charge < -0.3 is 15.0 Å². The summed E-state index contributed by atoms with van der Waals surface area (Å²) >= 11 is 0. The van der Waals surface area contributed by atoms with E-state index in [1.54, 1.807) is 17.0 Å². The summed E-state index contributed by atoms with van der Waals surface area (Å²) in [6.07, 6.45) is 0.992. The van der Waals surface area contributed by atoms with Gasteiger partial charge in [0.2, 0.25) is 12.0 Å². The van der Waals surface area contributed by atoms with Gasteiger partial charge in [-0.05, 0) is 25.3 Å². The largest absolute Gasteiger partial charge is 0.447 e. The normalized spacial score (nSPS) is 20.5. The van der Waals surface area contributed by atoms with Crippen LogP contribution in [0, 0.1) is 5.92 Å². The zero-order chi connectivity index (χ0) is 21.1. The van der Waals surface area contributed by atoms with Crippen molar-refractivity contribution in [3.8, 4) is 0 Å². The molecule has 0 radical (unpaired) electrons. The smallest absolute Gasteiger partial charge is 0.312 e. The number of benzene rings is 2. The van der Waals surface area contributed by atoms with E-state index in [-0.39, 0.29) is 30.3 Å². The first-order valence-electron chi connectivity index (χ1n) is 10.4. The molecule has 0 bridgehead atoms. The van der Waals surface area contributed by atoms with Crippen LogP contribution in [0.4, 0.5) is 0 Å². The molecule has 6 nitrogen and oxygen atoms in total. The molecule has 1 N–H and O–H groups in total. The summed E-state index contributed by atoms with van der Waals surface area (Å²) in [4.78, 5) is 39.9. The third kappa shape index (κ3) is 4.53. The van der Waals surface area contributed by atoms with E-state index in [1.807, 2.05) is 55.5 Å². The second-order valence-corrected chi connectivity index (χ2v) is 8.04. The minimum absolute atomic E-state index is 0.0769. The van der Waals surface area contributed by atoms with Crippen molar-refractivity contribution in [2.75, 3.05) is 6.54 Å². The number of amides is 2. The highest BCUT2D eigenvalue weighted by Gasteiger charge is 2.40. The summed E-state index contributed by atoms with van der Waals surface area (Å²) in [7, 11) is 0. The summed E-state index contributed by atoms with van der Waals surface area (Å²) in [5.74, 6) is -1.47. The molecule has 156 valence electrons. The Morgan fingerprint density at radius 3 is 2.20 bits per heavy atom. The van der Waals surface area contributed by atoms with Crippen molar-refractivity contribution < 1.29 is 19.1 Å². The van der Waals surface area contributed by atoms with Gasteiger partial charge in [0, 0.05) is 24.6 Å². The molecular formula is C24H26N2O4. The van der Waals surface area contributed by atoms with E-state index >= 15 is 0 Å². The summed E-state index contributed by atoms with van der Waals surface area (Å²) in [5.41, 5.74) is 1.65. The number of hydrogen-bond donors (Lipinski definition) is 1. The van der Waals surface area contributed by atoms with E-state index in [9.17, 15) is 14.4 Å². The zero-order valence-corrected chi connectivity index (χ0v) is 17.0. The van der Waals surface area contributed by atoms with Crippen LogP contribution in [0.3, 0.4) is 0 Å². The fraction of sp³-hybridized carbons (Fsp3) is 0.375. The number of likely N-dealkylation sites (tertiary alicyclic amines) is 1. The summed E-state index contributed by atoms with van der Waals surface area (Å²) in [5, 5.41) is 2.91. The Morgan fingerprint density at radius 2 is 1.60 bits per heavy atom. The minimum Gasteiger partial charge on any atom is -0.447 e. The van der Waals surface area contributed by atoms with Gasteiger partial charge in [-0.2, -0.15) is 0 Å². The number of carbonyl (C=O) groups is 3. The Balaban J connectivity index is 1.45. The molecule has 6 heteroatoms. The van der Waals surface area contributed by atoms with E-state index in [2.05, 4.69) is 5.32 Å². The van der Waals surface area contributed by atoms with Crippen molar-refractivity contribution in [2.24, 2.45) is 5.92 Å². The van der Waals surface area contributed by atoms with Crippen molar-refractivity contribution in [3.05, 3.63) is 71.8 Å². The lowest BCUT2D eigenvalue weighted by Gasteiger charge is -2.25. The maximum Gasteiger partial charge on any atom is 0.312 e. The number of rotatable bonds is 7. The average Bonchev–Trinajstić information content (AvgIpc) is 3.50. The molecule has 1 saturated carbocycles. The number of hydrogen-bond acceptors (Lipinski definition) is 4. The van der Waals surface area contributed by atoms with Gasteiger partial charge in [0.05, 0.1) is 12.0 Å². The lowest BCUT2D eigenvalue weighted by molar-refractivity contribution is -0.160. The SMILES string of the molecule is C[C@H](c1ccccc1)N1C[C@@H](C(=O)O[C@H](C(=O)NC2CC2)c2ccccc2)CC1=O. The first-order chi connectivity index (χ1) is 14.5. The van der Waals surface area contributed by atoms with Crippen LogP contribution < -0.4 is 5.32 Å². The van der Waals surface area contributed by atoms with Crippen molar-refractivity contribution >= 4 is 17.8 Å². The molecule has 2 amide bonds. The first-order valence-corrected chi connectivity index (χ1v) is 10.4. The third-order valence-electron chi connectivity index (χ3n) is 5.74. The molecular weight excluding hydrogens is 380 g/mol. The maximum atomic E-state index is 12.9. The predicted molar refractivity (Wildman–Crippen MR) is 111 cm³/mol. The molecule has 2 aliphatic rings. The molecule has 0 spiro atoms. The lowest BCUT2D eigenvalue weighted by atomic mass is 10.1. The maximum absolute atomic E-state index is 12.9. The van der Waals surface area contributed by atoms with Gasteiger partial charge in [-0.25, -0.2) is 0 Å². The van der Waals surface area contributed by atoms with E-state index in [0.717, 1.165) is 18.4 Å². The van der Waals surface area contributed by atoms with Gasteiger partial charge in [0.25, 0.3) is 5.91 Å². The summed E-state index contributed by atoms with van der Waals surface area (Å²) in [6, 6.07) is 18.8. The minimum atomic E-state index is -1.00. The quantitative estimate of drug-likeness (QED) is 0.717. The first kappa shape index (κ1) is 20.1. The number of esters is 1. The van der Waals surface area contributed by atoms with Gasteiger partial charge >= 0.3 is 5.97 Å². The molecule has 3 atom stereocenters. The van der Waals surface area contributed by atoms with Gasteiger partial charge in [-0.3, -0.25) is 14.4 Å². The Kier molecular flexibility index (Phi) is 5.84. The highest BCUT2D eigenvalue weighted by Crippen LogP contribution is 2.31. The Morgan fingerprint density at radius 1 is 1.00 bits per heavy atom. The van der Waals surface area contributed by atoms with E-state index in [1.165, 1.54) is 0 Å². The molecule has 0 unspecified atom stereocenters. The number of carbonyl (C=O) groups excluding carboxylic acids is 3. The van der Waals surface area contributed by atoms with Crippen LogP contribution in [0.5, 0.6) is 0 Å². The van der Waals surface area contributed by atoms with Crippen molar-refractivity contribution in [1.82, 2.24) is 10.2 Å². The van der Waals surface area contributed by atoms with E-state index in [0.29, 0.717) is 12.1 Å². The summed E-state index contributed by atoms with van der Waals surface area (Å²) < 4.78 is 5.66. The predicted octanol–water partition coefficient (Wildman–Crippen LogP) is 3.16. The van der Waals surface area contributed by atoms with Gasteiger partial charge in [0.1, 0.15) is 0 Å². The number of nitrogens with zero attached hydrogens (tertiary/aromatic N) is 1. The van der Waals surface area contributed by atoms with Crippen LogP contribution in [0.25, 0.3) is 0 Å². The highest BCUT2D eigenvalue weighted by molar-refractivity contribution is 5.89. The van der Waals surface area contributed by atoms with Gasteiger partial charge in [0.15, 0.2) is 0 Å². The van der Waals surface area contributed by atoms with Crippen molar-refractivity contribution in [2.45, 2.75) is 44.4 Å². The molecule has 1 heterocycles. The molecule has 2 fully saturated rings. The highest BCUT2D eigenvalue weighted by atomic mass is 16.5. The van der Waals surface area contributed by atoms with Crippen LogP contribution in [0.2, 0.25) is 0 Å². The van der Waals surface area contributed by atoms with Gasteiger partial charge in [-0.1, -0.05) is 60.7 Å². The second kappa shape index (κ2) is 8.69. The fourth-order valence-corrected chi connectivity index (χ4v) is 3.79. The molecule has 30 heavy (non-hydrogen) atoms. The second-order valence-electron chi connectivity index (χ2n) is 8.04.